The monoisotopic (exact) mass is 238 g/mol. The van der Waals surface area contributed by atoms with Crippen LogP contribution in [0.5, 0.6) is 0 Å². The highest BCUT2D eigenvalue weighted by Crippen LogP contribution is 2.31. The lowest BCUT2D eigenvalue weighted by atomic mass is 10.1. The molecule has 1 aromatic carbocycles. The number of anilines is 1. The van der Waals surface area contributed by atoms with Crippen LogP contribution < -0.4 is 5.32 Å². The maximum Gasteiger partial charge on any atom is 0.295 e. The van der Waals surface area contributed by atoms with Crippen molar-refractivity contribution >= 4 is 11.4 Å². The van der Waals surface area contributed by atoms with Gasteiger partial charge in [0.1, 0.15) is 11.5 Å². The first-order chi connectivity index (χ1) is 8.06. The molecule has 1 N–H and O–H groups in total. The number of halogens is 1. The molecule has 1 fully saturated rings. The van der Waals surface area contributed by atoms with E-state index in [0.29, 0.717) is 11.6 Å². The highest BCUT2D eigenvalue weighted by molar-refractivity contribution is 5.61. The summed E-state index contributed by atoms with van der Waals surface area (Å²) in [4.78, 5) is 10.3. The largest absolute Gasteiger partial charge is 0.377 e. The minimum absolute atomic E-state index is 0.190. The average Bonchev–Trinajstić information content (AvgIpc) is 2.66. The average molecular weight is 238 g/mol. The normalized spacial score (nSPS) is 23.6. The second kappa shape index (κ2) is 4.69. The van der Waals surface area contributed by atoms with Crippen LogP contribution in [0.1, 0.15) is 26.2 Å². The zero-order valence-corrected chi connectivity index (χ0v) is 9.65. The van der Waals surface area contributed by atoms with Crippen LogP contribution in [0, 0.1) is 21.8 Å². The van der Waals surface area contributed by atoms with Crippen LogP contribution in [0.15, 0.2) is 18.2 Å². The van der Waals surface area contributed by atoms with E-state index in [2.05, 4.69) is 12.2 Å². The molecule has 4 nitrogen and oxygen atoms in total. The number of rotatable bonds is 3. The van der Waals surface area contributed by atoms with Crippen molar-refractivity contribution in [1.82, 2.24) is 0 Å². The lowest BCUT2D eigenvalue weighted by molar-refractivity contribution is -0.384. The Bertz CT molecular complexity index is 437. The van der Waals surface area contributed by atoms with Crippen LogP contribution in [-0.4, -0.2) is 11.0 Å². The number of hydrogen-bond donors (Lipinski definition) is 1. The number of hydrogen-bond acceptors (Lipinski definition) is 3. The fourth-order valence-electron chi connectivity index (χ4n) is 2.34. The maximum atomic E-state index is 13.0. The first-order valence-electron chi connectivity index (χ1n) is 5.76. The molecular formula is C12H15FN2O2. The van der Waals surface area contributed by atoms with Gasteiger partial charge >= 0.3 is 0 Å². The van der Waals surface area contributed by atoms with Gasteiger partial charge in [0.15, 0.2) is 0 Å². The van der Waals surface area contributed by atoms with Gasteiger partial charge < -0.3 is 5.32 Å². The second-order valence-corrected chi connectivity index (χ2v) is 4.68. The lowest BCUT2D eigenvalue weighted by Gasteiger charge is -2.13. The third-order valence-electron chi connectivity index (χ3n) is 3.21. The van der Waals surface area contributed by atoms with E-state index >= 15 is 0 Å². The molecule has 0 spiro atoms. The number of nitrogens with one attached hydrogen (secondary N) is 1. The van der Waals surface area contributed by atoms with Crippen molar-refractivity contribution in [3.8, 4) is 0 Å². The summed E-state index contributed by atoms with van der Waals surface area (Å²) in [5.74, 6) is 0.0639. The van der Waals surface area contributed by atoms with Crippen molar-refractivity contribution in [1.29, 1.82) is 0 Å². The van der Waals surface area contributed by atoms with E-state index < -0.39 is 10.7 Å². The van der Waals surface area contributed by atoms with Crippen LogP contribution in [0.4, 0.5) is 15.8 Å². The van der Waals surface area contributed by atoms with E-state index in [0.717, 1.165) is 25.3 Å². The first kappa shape index (κ1) is 11.8. The molecule has 1 aliphatic rings. The molecule has 1 aliphatic carbocycles. The third kappa shape index (κ3) is 2.72. The summed E-state index contributed by atoms with van der Waals surface area (Å²) in [5.41, 5.74) is 0.222. The van der Waals surface area contributed by atoms with Crippen LogP contribution in [0.2, 0.25) is 0 Å². The van der Waals surface area contributed by atoms with Gasteiger partial charge in [-0.15, -0.1) is 0 Å². The van der Waals surface area contributed by atoms with Gasteiger partial charge in [0.2, 0.25) is 0 Å². The fourth-order valence-corrected chi connectivity index (χ4v) is 2.34. The number of benzene rings is 1. The molecule has 1 saturated carbocycles. The second-order valence-electron chi connectivity index (χ2n) is 4.68. The highest BCUT2D eigenvalue weighted by Gasteiger charge is 2.24. The highest BCUT2D eigenvalue weighted by atomic mass is 19.1. The molecule has 5 heteroatoms. The Kier molecular flexibility index (Phi) is 3.26. The molecule has 0 saturated heterocycles. The molecule has 2 unspecified atom stereocenters. The molecule has 1 aromatic rings. The predicted molar refractivity (Wildman–Crippen MR) is 63.5 cm³/mol. The van der Waals surface area contributed by atoms with Gasteiger partial charge in [-0.05, 0) is 37.3 Å². The van der Waals surface area contributed by atoms with E-state index in [1.54, 1.807) is 0 Å². The number of nitro groups is 1. The Hall–Kier alpha value is -1.65. The summed E-state index contributed by atoms with van der Waals surface area (Å²) in [6.45, 7) is 2.17. The Morgan fingerprint density at radius 1 is 1.47 bits per heavy atom. The summed E-state index contributed by atoms with van der Waals surface area (Å²) in [7, 11) is 0. The summed E-state index contributed by atoms with van der Waals surface area (Å²) in [6.07, 6.45) is 3.15. The van der Waals surface area contributed by atoms with Gasteiger partial charge in [0.25, 0.3) is 5.69 Å². The Labute approximate surface area is 99.0 Å². The smallest absolute Gasteiger partial charge is 0.295 e. The van der Waals surface area contributed by atoms with Gasteiger partial charge in [-0.3, -0.25) is 10.1 Å². The van der Waals surface area contributed by atoms with E-state index in [1.807, 2.05) is 0 Å². The summed E-state index contributed by atoms with van der Waals surface area (Å²) < 4.78 is 13.0. The van der Waals surface area contributed by atoms with Gasteiger partial charge in [-0.2, -0.15) is 0 Å². The Balaban J connectivity index is 2.17. The molecule has 2 rings (SSSR count). The molecule has 0 aromatic heterocycles. The Morgan fingerprint density at radius 2 is 2.24 bits per heavy atom. The van der Waals surface area contributed by atoms with E-state index in [-0.39, 0.29) is 11.7 Å². The molecule has 0 aliphatic heterocycles. The van der Waals surface area contributed by atoms with Crippen LogP contribution in [0.25, 0.3) is 0 Å². The van der Waals surface area contributed by atoms with Crippen LogP contribution in [0.3, 0.4) is 0 Å². The SMILES string of the molecule is CC1CCC(Nc2ccc(F)cc2[N+](=O)[O-])C1. The minimum atomic E-state index is -0.581. The third-order valence-corrected chi connectivity index (χ3v) is 3.21. The van der Waals surface area contributed by atoms with Gasteiger partial charge in [0, 0.05) is 6.04 Å². The van der Waals surface area contributed by atoms with Crippen molar-refractivity contribution in [2.45, 2.75) is 32.2 Å². The van der Waals surface area contributed by atoms with Crippen molar-refractivity contribution in [3.05, 3.63) is 34.1 Å². The number of nitro benzene ring substituents is 1. The van der Waals surface area contributed by atoms with Gasteiger partial charge in [-0.25, -0.2) is 4.39 Å². The van der Waals surface area contributed by atoms with Gasteiger partial charge in [0.05, 0.1) is 11.0 Å². The molecule has 0 bridgehead atoms. The van der Waals surface area contributed by atoms with Crippen LogP contribution in [-0.2, 0) is 0 Å². The lowest BCUT2D eigenvalue weighted by Crippen LogP contribution is -2.16. The van der Waals surface area contributed by atoms with E-state index in [4.69, 9.17) is 0 Å². The molecular weight excluding hydrogens is 223 g/mol. The Morgan fingerprint density at radius 3 is 2.82 bits per heavy atom. The zero-order chi connectivity index (χ0) is 12.4. The molecule has 0 amide bonds. The van der Waals surface area contributed by atoms with Crippen LogP contribution >= 0.6 is 0 Å². The van der Waals surface area contributed by atoms with E-state index in [9.17, 15) is 14.5 Å². The predicted octanol–water partition coefficient (Wildman–Crippen LogP) is 3.33. The van der Waals surface area contributed by atoms with Gasteiger partial charge in [-0.1, -0.05) is 6.92 Å². The zero-order valence-electron chi connectivity index (χ0n) is 9.65. The maximum absolute atomic E-state index is 13.0. The quantitative estimate of drug-likeness (QED) is 0.649. The molecule has 92 valence electrons. The molecule has 0 radical (unpaired) electrons. The van der Waals surface area contributed by atoms with Crippen molar-refractivity contribution in [2.75, 3.05) is 5.32 Å². The topological polar surface area (TPSA) is 55.2 Å². The van der Waals surface area contributed by atoms with Crippen molar-refractivity contribution in [2.24, 2.45) is 5.92 Å². The molecule has 0 heterocycles. The molecule has 2 atom stereocenters. The summed E-state index contributed by atoms with van der Waals surface area (Å²) >= 11 is 0. The van der Waals surface area contributed by atoms with Crippen molar-refractivity contribution < 1.29 is 9.31 Å². The standard InChI is InChI=1S/C12H15FN2O2/c1-8-2-4-10(6-8)14-11-5-3-9(13)7-12(11)15(16)17/h3,5,7-8,10,14H,2,4,6H2,1H3. The summed E-state index contributed by atoms with van der Waals surface area (Å²) in [6, 6.07) is 3.90. The van der Waals surface area contributed by atoms with E-state index in [1.165, 1.54) is 12.1 Å². The van der Waals surface area contributed by atoms with Crippen molar-refractivity contribution in [3.63, 3.8) is 0 Å². The molecule has 17 heavy (non-hydrogen) atoms. The first-order valence-corrected chi connectivity index (χ1v) is 5.76. The summed E-state index contributed by atoms with van der Waals surface area (Å²) in [5, 5.41) is 14.0. The number of nitrogens with zero attached hydrogens (tertiary/aromatic N) is 1. The minimum Gasteiger partial charge on any atom is -0.377 e. The fraction of sp³-hybridized carbons (Fsp3) is 0.500.